The number of fused-ring (bicyclic) bond motifs is 1. The first-order valence-electron chi connectivity index (χ1n) is 14.9. The van der Waals surface area contributed by atoms with Gasteiger partial charge in [-0.1, -0.05) is 18.2 Å². The van der Waals surface area contributed by atoms with Crippen molar-refractivity contribution in [1.82, 2.24) is 14.9 Å². The fourth-order valence-electron chi connectivity index (χ4n) is 5.87. The second kappa shape index (κ2) is 13.3. The monoisotopic (exact) mass is 712 g/mol. The molecule has 1 fully saturated rings. The second-order valence-electron chi connectivity index (χ2n) is 11.8. The maximum absolute atomic E-state index is 15.2. The average molecular weight is 713 g/mol. The zero-order valence-electron chi connectivity index (χ0n) is 26.4. The predicted molar refractivity (Wildman–Crippen MR) is 164 cm³/mol. The molecule has 2 N–H and O–H groups in total. The molecule has 1 saturated heterocycles. The molecule has 0 saturated carbocycles. The van der Waals surface area contributed by atoms with Gasteiger partial charge in [0.2, 0.25) is 0 Å². The molecule has 266 valence electrons. The number of nitrogens with zero attached hydrogens (tertiary/aromatic N) is 3. The van der Waals surface area contributed by atoms with Crippen molar-refractivity contribution in [3.63, 3.8) is 0 Å². The number of amides is 1. The Morgan fingerprint density at radius 3 is 2.34 bits per heavy atom. The van der Waals surface area contributed by atoms with Gasteiger partial charge in [-0.25, -0.2) is 13.6 Å². The van der Waals surface area contributed by atoms with Gasteiger partial charge in [0.15, 0.2) is 0 Å². The highest BCUT2D eigenvalue weighted by Gasteiger charge is 2.47. The van der Waals surface area contributed by atoms with Crippen LogP contribution in [0.5, 0.6) is 0 Å². The van der Waals surface area contributed by atoms with Crippen LogP contribution in [-0.2, 0) is 29.2 Å². The minimum atomic E-state index is -4.92. The Labute approximate surface area is 278 Å². The zero-order valence-corrected chi connectivity index (χ0v) is 26.4. The summed E-state index contributed by atoms with van der Waals surface area (Å²) >= 11 is 0. The Kier molecular flexibility index (Phi) is 9.66. The third-order valence-electron chi connectivity index (χ3n) is 8.46. The molecule has 0 unspecified atom stereocenters. The van der Waals surface area contributed by atoms with Gasteiger partial charge in [0, 0.05) is 48.5 Å². The minimum absolute atomic E-state index is 0.0451. The molecule has 5 rings (SSSR count). The molecule has 0 bridgehead atoms. The molecule has 2 aromatic carbocycles. The molecule has 0 spiro atoms. The molecular formula is C33H28F8N4O5. The third kappa shape index (κ3) is 6.99. The van der Waals surface area contributed by atoms with Crippen LogP contribution >= 0.6 is 0 Å². The quantitative estimate of drug-likeness (QED) is 0.234. The standard InChI is InChI=1S/C33H28F8N4O5/c1-15-9-21(32(36,37)38)26(30(47)44(15)3)20-7-6-17(19-5-4-8-42-28(19)20)10-24(31(48)49)43-29(46)27-22(34)11-18(12-23(27)35)45-13-16(2)50-14-25(45)33(39,40)41/h4-9,11-12,16,24-25H,10,13-14H2,1-3H3,(H,43,46)(H,48,49)/t16-,24+,25-/m1/s1. The lowest BCUT2D eigenvalue weighted by atomic mass is 9.93. The summed E-state index contributed by atoms with van der Waals surface area (Å²) in [6.45, 7) is 1.64. The highest BCUT2D eigenvalue weighted by molar-refractivity contribution is 5.99. The number of anilines is 1. The summed E-state index contributed by atoms with van der Waals surface area (Å²) in [7, 11) is 1.30. The Balaban J connectivity index is 1.48. The molecule has 3 heterocycles. The van der Waals surface area contributed by atoms with E-state index in [4.69, 9.17) is 4.74 Å². The molecule has 0 aliphatic carbocycles. The van der Waals surface area contributed by atoms with E-state index in [1.54, 1.807) is 0 Å². The Hall–Kier alpha value is -5.06. The van der Waals surface area contributed by atoms with Crippen LogP contribution in [0.3, 0.4) is 0 Å². The molecule has 3 atom stereocenters. The number of carboxylic acid groups (broad SMARTS) is 1. The SMILES string of the molecule is Cc1cc(C(F)(F)F)c(-c2ccc(C[C@H](NC(=O)c3c(F)cc(N4C[C@@H](C)OC[C@@H]4C(F)(F)F)cc3F)C(=O)O)c3cccnc23)c(=O)n1C. The van der Waals surface area contributed by atoms with Crippen LogP contribution in [0.1, 0.15) is 34.1 Å². The number of hydrogen-bond donors (Lipinski definition) is 2. The molecule has 17 heteroatoms. The topological polar surface area (TPSA) is 114 Å². The first-order chi connectivity index (χ1) is 23.3. The van der Waals surface area contributed by atoms with Crippen LogP contribution in [0.2, 0.25) is 0 Å². The van der Waals surface area contributed by atoms with Crippen LogP contribution in [0.15, 0.2) is 53.5 Å². The van der Waals surface area contributed by atoms with E-state index in [2.05, 4.69) is 4.98 Å². The van der Waals surface area contributed by atoms with Gasteiger partial charge in [-0.15, -0.1) is 0 Å². The predicted octanol–water partition coefficient (Wildman–Crippen LogP) is 5.79. The van der Waals surface area contributed by atoms with Crippen molar-refractivity contribution < 1.29 is 54.6 Å². The molecule has 0 radical (unpaired) electrons. The van der Waals surface area contributed by atoms with E-state index >= 15 is 8.78 Å². The van der Waals surface area contributed by atoms with Crippen molar-refractivity contribution in [1.29, 1.82) is 0 Å². The van der Waals surface area contributed by atoms with Gasteiger partial charge < -0.3 is 24.6 Å². The van der Waals surface area contributed by atoms with E-state index in [9.17, 15) is 45.8 Å². The summed E-state index contributed by atoms with van der Waals surface area (Å²) < 4.78 is 120. The molecule has 1 amide bonds. The number of alkyl halides is 6. The van der Waals surface area contributed by atoms with Crippen LogP contribution in [0.25, 0.3) is 22.0 Å². The van der Waals surface area contributed by atoms with E-state index in [0.717, 1.165) is 16.7 Å². The van der Waals surface area contributed by atoms with Crippen molar-refractivity contribution in [2.24, 2.45) is 7.05 Å². The number of benzene rings is 2. The summed E-state index contributed by atoms with van der Waals surface area (Å²) in [5.74, 6) is -6.29. The molecule has 9 nitrogen and oxygen atoms in total. The number of morpholine rings is 1. The number of ether oxygens (including phenoxy) is 1. The average Bonchev–Trinajstić information content (AvgIpc) is 3.02. The van der Waals surface area contributed by atoms with Crippen LogP contribution in [0.4, 0.5) is 40.8 Å². The molecule has 2 aromatic heterocycles. The van der Waals surface area contributed by atoms with E-state index in [1.165, 1.54) is 45.3 Å². The van der Waals surface area contributed by atoms with Crippen molar-refractivity contribution in [2.75, 3.05) is 18.1 Å². The van der Waals surface area contributed by atoms with Gasteiger partial charge in [-0.3, -0.25) is 14.6 Å². The van der Waals surface area contributed by atoms with Gasteiger partial charge in [-0.05, 0) is 43.7 Å². The minimum Gasteiger partial charge on any atom is -0.480 e. The molecule has 1 aliphatic rings. The lowest BCUT2D eigenvalue weighted by molar-refractivity contribution is -0.173. The number of nitrogens with one attached hydrogen (secondary N) is 1. The first-order valence-corrected chi connectivity index (χ1v) is 14.9. The van der Waals surface area contributed by atoms with E-state index in [1.807, 2.05) is 5.32 Å². The van der Waals surface area contributed by atoms with Crippen molar-refractivity contribution in [2.45, 2.75) is 50.8 Å². The van der Waals surface area contributed by atoms with Gasteiger partial charge in [0.05, 0.1) is 29.4 Å². The Morgan fingerprint density at radius 1 is 1.08 bits per heavy atom. The number of aryl methyl sites for hydroxylation is 1. The highest BCUT2D eigenvalue weighted by atomic mass is 19.4. The van der Waals surface area contributed by atoms with Gasteiger partial charge in [0.1, 0.15) is 29.3 Å². The smallest absolute Gasteiger partial charge is 0.417 e. The van der Waals surface area contributed by atoms with Crippen LogP contribution in [-0.4, -0.2) is 64.0 Å². The van der Waals surface area contributed by atoms with Gasteiger partial charge in [0.25, 0.3) is 11.5 Å². The molecule has 50 heavy (non-hydrogen) atoms. The summed E-state index contributed by atoms with van der Waals surface area (Å²) in [6, 6.07) is 3.03. The fraction of sp³-hybridized carbons (Fsp3) is 0.333. The molecular weight excluding hydrogens is 684 g/mol. The lowest BCUT2D eigenvalue weighted by Gasteiger charge is -2.41. The number of rotatable bonds is 7. The summed E-state index contributed by atoms with van der Waals surface area (Å²) in [5.41, 5.74) is -4.72. The molecule has 4 aromatic rings. The van der Waals surface area contributed by atoms with E-state index < -0.39 is 95.0 Å². The summed E-state index contributed by atoms with van der Waals surface area (Å²) in [6.07, 6.45) is -9.75. The number of halogens is 8. The number of aromatic nitrogens is 2. The van der Waals surface area contributed by atoms with Crippen LogP contribution in [0, 0.1) is 18.6 Å². The number of pyridine rings is 2. The summed E-state index contributed by atoms with van der Waals surface area (Å²) in [4.78, 5) is 43.3. The normalized spacial score (nSPS) is 17.5. The first kappa shape index (κ1) is 36.2. The van der Waals surface area contributed by atoms with Crippen molar-refractivity contribution in [3.8, 4) is 11.1 Å². The van der Waals surface area contributed by atoms with Gasteiger partial charge in [-0.2, -0.15) is 26.3 Å². The number of carboxylic acids is 1. The Morgan fingerprint density at radius 2 is 1.74 bits per heavy atom. The maximum atomic E-state index is 15.2. The van der Waals surface area contributed by atoms with Crippen molar-refractivity contribution >= 4 is 28.5 Å². The van der Waals surface area contributed by atoms with E-state index in [-0.39, 0.29) is 34.3 Å². The van der Waals surface area contributed by atoms with Crippen LogP contribution < -0.4 is 15.8 Å². The fourth-order valence-corrected chi connectivity index (χ4v) is 5.87. The lowest BCUT2D eigenvalue weighted by Crippen LogP contribution is -2.56. The summed E-state index contributed by atoms with van der Waals surface area (Å²) in [5, 5.41) is 12.1. The highest BCUT2D eigenvalue weighted by Crippen LogP contribution is 2.39. The number of aliphatic carboxylic acids is 1. The largest absolute Gasteiger partial charge is 0.480 e. The zero-order chi connectivity index (χ0) is 36.9. The van der Waals surface area contributed by atoms with E-state index in [0.29, 0.717) is 17.0 Å². The Bertz CT molecular complexity index is 2020. The molecule has 1 aliphatic heterocycles. The van der Waals surface area contributed by atoms with Gasteiger partial charge >= 0.3 is 18.3 Å². The number of carbonyl (C=O) groups is 2. The third-order valence-corrected chi connectivity index (χ3v) is 8.46. The maximum Gasteiger partial charge on any atom is 0.417 e. The number of carbonyl (C=O) groups excluding carboxylic acids is 1. The van der Waals surface area contributed by atoms with Crippen molar-refractivity contribution in [3.05, 3.63) is 93.0 Å². The second-order valence-corrected chi connectivity index (χ2v) is 11.8. The number of hydrogen-bond acceptors (Lipinski definition) is 6.